The Morgan fingerprint density at radius 3 is 2.47 bits per heavy atom. The first kappa shape index (κ1) is 24.5. The average molecular weight is 498 g/mol. The van der Waals surface area contributed by atoms with Crippen molar-refractivity contribution < 1.29 is 4.79 Å². The molecule has 1 aliphatic heterocycles. The molecule has 3 aromatic rings. The van der Waals surface area contributed by atoms with Crippen molar-refractivity contribution in [1.29, 1.82) is 0 Å². The van der Waals surface area contributed by atoms with Crippen molar-refractivity contribution in [1.82, 2.24) is 14.3 Å². The Balaban J connectivity index is 1.31. The fourth-order valence-electron chi connectivity index (χ4n) is 4.28. The van der Waals surface area contributed by atoms with Crippen LogP contribution in [0.15, 0.2) is 48.5 Å². The molecule has 0 radical (unpaired) electrons. The van der Waals surface area contributed by atoms with Gasteiger partial charge in [-0.1, -0.05) is 41.9 Å². The fraction of sp³-hybridized carbons (Fsp3) is 0.423. The summed E-state index contributed by atoms with van der Waals surface area (Å²) in [5.74, 6) is 1.01. The van der Waals surface area contributed by atoms with Crippen LogP contribution >= 0.6 is 23.1 Å². The molecule has 180 valence electrons. The average Bonchev–Trinajstić information content (AvgIpc) is 3.29. The molecule has 1 aliphatic rings. The van der Waals surface area contributed by atoms with Gasteiger partial charge in [0.2, 0.25) is 11.0 Å². The number of carbonyl (C=O) groups is 1. The highest BCUT2D eigenvalue weighted by Gasteiger charge is 2.24. The molecule has 0 aliphatic carbocycles. The number of para-hydroxylation sites is 1. The highest BCUT2D eigenvalue weighted by molar-refractivity contribution is 7.09. The summed E-state index contributed by atoms with van der Waals surface area (Å²) in [6, 6.07) is 16.5. The van der Waals surface area contributed by atoms with E-state index in [-0.39, 0.29) is 11.9 Å². The quantitative estimate of drug-likeness (QED) is 0.436. The molecule has 1 amide bonds. The second-order valence-electron chi connectivity index (χ2n) is 8.99. The van der Waals surface area contributed by atoms with Crippen LogP contribution in [0.4, 0.5) is 10.8 Å². The predicted octanol–water partition coefficient (Wildman–Crippen LogP) is 5.04. The number of hydrogen-bond donors (Lipinski definition) is 0. The van der Waals surface area contributed by atoms with E-state index in [1.165, 1.54) is 22.8 Å². The summed E-state index contributed by atoms with van der Waals surface area (Å²) in [6.45, 7) is 10.3. The summed E-state index contributed by atoms with van der Waals surface area (Å²) in [6.07, 6.45) is 1.15. The van der Waals surface area contributed by atoms with Crippen molar-refractivity contribution in [3.63, 3.8) is 0 Å². The van der Waals surface area contributed by atoms with Gasteiger partial charge in [-0.05, 0) is 50.1 Å². The number of nitrogens with zero attached hydrogens (tertiary/aromatic N) is 5. The van der Waals surface area contributed by atoms with Gasteiger partial charge in [-0.15, -0.1) is 0 Å². The number of aryl methyl sites for hydroxylation is 1. The standard InChI is InChI=1S/C26H32ClN5OS/c1-19(2)32(26-28-24(29-34-26)18-21-8-10-22(27)11-9-21)13-12-25(33)31-16-14-30(15-17-31)23-7-5-4-6-20(23)3/h4-11,19H,12-18H2,1-3H3. The molecule has 1 saturated heterocycles. The van der Waals surface area contributed by atoms with E-state index in [4.69, 9.17) is 16.6 Å². The number of halogens is 1. The van der Waals surface area contributed by atoms with Crippen LogP contribution in [0.5, 0.6) is 0 Å². The van der Waals surface area contributed by atoms with Gasteiger partial charge in [0.05, 0.1) is 0 Å². The minimum absolute atomic E-state index is 0.209. The topological polar surface area (TPSA) is 52.6 Å². The van der Waals surface area contributed by atoms with Crippen molar-refractivity contribution in [2.24, 2.45) is 0 Å². The van der Waals surface area contributed by atoms with Gasteiger partial charge >= 0.3 is 0 Å². The predicted molar refractivity (Wildman–Crippen MR) is 141 cm³/mol. The second-order valence-corrected chi connectivity index (χ2v) is 10.2. The Kier molecular flexibility index (Phi) is 8.06. The van der Waals surface area contributed by atoms with Gasteiger partial charge in [0.1, 0.15) is 5.82 Å². The molecule has 6 nitrogen and oxygen atoms in total. The number of carbonyl (C=O) groups excluding carboxylic acids is 1. The fourth-order valence-corrected chi connectivity index (χ4v) is 5.25. The zero-order valence-electron chi connectivity index (χ0n) is 20.1. The lowest BCUT2D eigenvalue weighted by Gasteiger charge is -2.37. The van der Waals surface area contributed by atoms with Crippen LogP contribution in [-0.4, -0.2) is 58.9 Å². The van der Waals surface area contributed by atoms with Gasteiger partial charge < -0.3 is 14.7 Å². The molecule has 0 bridgehead atoms. The van der Waals surface area contributed by atoms with E-state index in [0.717, 1.165) is 47.7 Å². The zero-order valence-corrected chi connectivity index (χ0v) is 21.6. The zero-order chi connectivity index (χ0) is 24.1. The number of benzene rings is 2. The Bertz CT molecular complexity index is 1090. The van der Waals surface area contributed by atoms with Crippen LogP contribution in [-0.2, 0) is 11.2 Å². The molecule has 0 saturated carbocycles. The van der Waals surface area contributed by atoms with Crippen LogP contribution in [0.25, 0.3) is 0 Å². The first-order valence-electron chi connectivity index (χ1n) is 11.8. The molecule has 8 heteroatoms. The van der Waals surface area contributed by atoms with Crippen molar-refractivity contribution in [3.05, 3.63) is 70.5 Å². The smallest absolute Gasteiger partial charge is 0.224 e. The van der Waals surface area contributed by atoms with Crippen molar-refractivity contribution in [3.8, 4) is 0 Å². The highest BCUT2D eigenvalue weighted by Crippen LogP contribution is 2.23. The molecule has 0 N–H and O–H groups in total. The third kappa shape index (κ3) is 6.07. The maximum absolute atomic E-state index is 13.0. The monoisotopic (exact) mass is 497 g/mol. The van der Waals surface area contributed by atoms with Crippen LogP contribution in [0, 0.1) is 6.92 Å². The van der Waals surface area contributed by atoms with Crippen LogP contribution in [0.1, 0.15) is 37.2 Å². The minimum Gasteiger partial charge on any atom is -0.368 e. The largest absolute Gasteiger partial charge is 0.368 e. The van der Waals surface area contributed by atoms with Gasteiger partial charge in [0.25, 0.3) is 0 Å². The second kappa shape index (κ2) is 11.2. The molecule has 1 fully saturated rings. The Labute approximate surface area is 211 Å². The molecule has 0 atom stereocenters. The van der Waals surface area contributed by atoms with Crippen molar-refractivity contribution >= 4 is 39.9 Å². The summed E-state index contributed by atoms with van der Waals surface area (Å²) in [5, 5.41) is 1.60. The van der Waals surface area contributed by atoms with Gasteiger partial charge in [-0.25, -0.2) is 4.98 Å². The Hall–Kier alpha value is -2.64. The van der Waals surface area contributed by atoms with Crippen LogP contribution in [0.3, 0.4) is 0 Å². The maximum atomic E-state index is 13.0. The molecule has 2 aromatic carbocycles. The van der Waals surface area contributed by atoms with Gasteiger partial charge in [0, 0.05) is 73.8 Å². The van der Waals surface area contributed by atoms with E-state index in [0.29, 0.717) is 19.4 Å². The number of anilines is 2. The summed E-state index contributed by atoms with van der Waals surface area (Å²) < 4.78 is 4.55. The van der Waals surface area contributed by atoms with E-state index in [1.807, 2.05) is 29.2 Å². The Morgan fingerprint density at radius 1 is 1.09 bits per heavy atom. The SMILES string of the molecule is Cc1ccccc1N1CCN(C(=O)CCN(c2nc(Cc3ccc(Cl)cc3)ns2)C(C)C)CC1. The summed E-state index contributed by atoms with van der Waals surface area (Å²) in [5.41, 5.74) is 3.68. The molecule has 0 spiro atoms. The van der Waals surface area contributed by atoms with Crippen LogP contribution < -0.4 is 9.80 Å². The lowest BCUT2D eigenvalue weighted by Crippen LogP contribution is -2.49. The molecular formula is C26H32ClN5OS. The van der Waals surface area contributed by atoms with E-state index in [2.05, 4.69) is 59.2 Å². The maximum Gasteiger partial charge on any atom is 0.224 e. The van der Waals surface area contributed by atoms with Crippen LogP contribution in [0.2, 0.25) is 5.02 Å². The normalized spacial score (nSPS) is 14.0. The lowest BCUT2D eigenvalue weighted by atomic mass is 10.1. The van der Waals surface area contributed by atoms with Gasteiger partial charge in [-0.3, -0.25) is 4.79 Å². The van der Waals surface area contributed by atoms with E-state index >= 15 is 0 Å². The minimum atomic E-state index is 0.209. The molecule has 2 heterocycles. The number of rotatable bonds is 8. The number of amides is 1. The lowest BCUT2D eigenvalue weighted by molar-refractivity contribution is -0.131. The van der Waals surface area contributed by atoms with Crippen molar-refractivity contribution in [2.45, 2.75) is 39.7 Å². The van der Waals surface area contributed by atoms with E-state index < -0.39 is 0 Å². The molecule has 4 rings (SSSR count). The molecule has 0 unspecified atom stereocenters. The summed E-state index contributed by atoms with van der Waals surface area (Å²) >= 11 is 7.39. The first-order chi connectivity index (χ1) is 16.4. The molecular weight excluding hydrogens is 466 g/mol. The summed E-state index contributed by atoms with van der Waals surface area (Å²) in [4.78, 5) is 24.3. The number of hydrogen-bond acceptors (Lipinski definition) is 6. The number of piperazine rings is 1. The van der Waals surface area contributed by atoms with Crippen molar-refractivity contribution in [2.75, 3.05) is 42.5 Å². The van der Waals surface area contributed by atoms with E-state index in [9.17, 15) is 4.79 Å². The third-order valence-electron chi connectivity index (χ3n) is 6.26. The number of aromatic nitrogens is 2. The van der Waals surface area contributed by atoms with E-state index in [1.54, 1.807) is 0 Å². The Morgan fingerprint density at radius 2 is 1.79 bits per heavy atom. The molecule has 1 aromatic heterocycles. The van der Waals surface area contributed by atoms with Gasteiger partial charge in [0.15, 0.2) is 0 Å². The van der Waals surface area contributed by atoms with Gasteiger partial charge in [-0.2, -0.15) is 4.37 Å². The highest BCUT2D eigenvalue weighted by atomic mass is 35.5. The third-order valence-corrected chi connectivity index (χ3v) is 7.30. The first-order valence-corrected chi connectivity index (χ1v) is 13.0. The molecule has 34 heavy (non-hydrogen) atoms. The summed E-state index contributed by atoms with van der Waals surface area (Å²) in [7, 11) is 0.